The molecular weight excluding hydrogens is 228 g/mol. The van der Waals surface area contributed by atoms with Crippen LogP contribution in [0.3, 0.4) is 0 Å². The van der Waals surface area contributed by atoms with Crippen molar-refractivity contribution in [2.45, 2.75) is 32.6 Å². The Labute approximate surface area is 109 Å². The van der Waals surface area contributed by atoms with Gasteiger partial charge in [0, 0.05) is 18.2 Å². The second-order valence-corrected chi connectivity index (χ2v) is 4.11. The van der Waals surface area contributed by atoms with Crippen LogP contribution in [0.2, 0.25) is 0 Å². The van der Waals surface area contributed by atoms with E-state index in [4.69, 9.17) is 10.5 Å². The molecule has 0 aliphatic rings. The molecule has 18 heavy (non-hydrogen) atoms. The van der Waals surface area contributed by atoms with Gasteiger partial charge < -0.3 is 15.8 Å². The Bertz CT molecular complexity index is 367. The third kappa shape index (κ3) is 5.68. The van der Waals surface area contributed by atoms with Crippen molar-refractivity contribution >= 4 is 11.6 Å². The van der Waals surface area contributed by atoms with Gasteiger partial charge in [0.1, 0.15) is 5.75 Å². The van der Waals surface area contributed by atoms with E-state index in [-0.39, 0.29) is 5.91 Å². The third-order valence-corrected chi connectivity index (χ3v) is 2.54. The Morgan fingerprint density at radius 1 is 1.33 bits per heavy atom. The highest BCUT2D eigenvalue weighted by Gasteiger charge is 2.03. The SMILES string of the molecule is CCOc1cccc(NC(=O)CCCCCN)c1. The van der Waals surface area contributed by atoms with Crippen LogP contribution in [-0.4, -0.2) is 19.1 Å². The highest BCUT2D eigenvalue weighted by Crippen LogP contribution is 2.17. The molecule has 0 fully saturated rings. The highest BCUT2D eigenvalue weighted by atomic mass is 16.5. The minimum Gasteiger partial charge on any atom is -0.494 e. The van der Waals surface area contributed by atoms with Gasteiger partial charge in [-0.2, -0.15) is 0 Å². The van der Waals surface area contributed by atoms with Gasteiger partial charge in [0.05, 0.1) is 6.61 Å². The van der Waals surface area contributed by atoms with Crippen molar-refractivity contribution in [3.05, 3.63) is 24.3 Å². The van der Waals surface area contributed by atoms with E-state index in [1.807, 2.05) is 31.2 Å². The Balaban J connectivity index is 2.36. The molecule has 0 saturated heterocycles. The molecule has 0 bridgehead atoms. The summed E-state index contributed by atoms with van der Waals surface area (Å²) >= 11 is 0. The molecule has 0 radical (unpaired) electrons. The molecule has 4 nitrogen and oxygen atoms in total. The second-order valence-electron chi connectivity index (χ2n) is 4.11. The number of unbranched alkanes of at least 4 members (excludes halogenated alkanes) is 2. The molecule has 0 saturated carbocycles. The van der Waals surface area contributed by atoms with E-state index in [1.165, 1.54) is 0 Å². The lowest BCUT2D eigenvalue weighted by molar-refractivity contribution is -0.116. The molecule has 3 N–H and O–H groups in total. The number of carbonyl (C=O) groups is 1. The fourth-order valence-electron chi connectivity index (χ4n) is 1.66. The zero-order valence-electron chi connectivity index (χ0n) is 10.9. The Kier molecular flexibility index (Phi) is 6.87. The first-order chi connectivity index (χ1) is 8.76. The minimum atomic E-state index is 0.0423. The predicted octanol–water partition coefficient (Wildman–Crippen LogP) is 2.54. The van der Waals surface area contributed by atoms with Crippen LogP contribution in [-0.2, 0) is 4.79 Å². The summed E-state index contributed by atoms with van der Waals surface area (Å²) in [6.45, 7) is 3.25. The molecule has 1 amide bonds. The van der Waals surface area contributed by atoms with Crippen molar-refractivity contribution in [1.29, 1.82) is 0 Å². The van der Waals surface area contributed by atoms with Gasteiger partial charge in [0.2, 0.25) is 5.91 Å². The molecule has 0 heterocycles. The van der Waals surface area contributed by atoms with Gasteiger partial charge in [0.25, 0.3) is 0 Å². The molecule has 4 heteroatoms. The van der Waals surface area contributed by atoms with Crippen molar-refractivity contribution in [1.82, 2.24) is 0 Å². The topological polar surface area (TPSA) is 64.3 Å². The number of hydrogen-bond acceptors (Lipinski definition) is 3. The number of ether oxygens (including phenoxy) is 1. The summed E-state index contributed by atoms with van der Waals surface area (Å²) < 4.78 is 5.38. The van der Waals surface area contributed by atoms with Crippen LogP contribution in [0.5, 0.6) is 5.75 Å². The van der Waals surface area contributed by atoms with Gasteiger partial charge >= 0.3 is 0 Å². The lowest BCUT2D eigenvalue weighted by atomic mass is 10.2. The summed E-state index contributed by atoms with van der Waals surface area (Å²) in [4.78, 5) is 11.7. The lowest BCUT2D eigenvalue weighted by Crippen LogP contribution is -2.11. The zero-order chi connectivity index (χ0) is 13.2. The van der Waals surface area contributed by atoms with E-state index in [0.717, 1.165) is 30.7 Å². The molecule has 0 aromatic heterocycles. The van der Waals surface area contributed by atoms with E-state index in [0.29, 0.717) is 19.6 Å². The predicted molar refractivity (Wildman–Crippen MR) is 73.8 cm³/mol. The molecule has 0 spiro atoms. The summed E-state index contributed by atoms with van der Waals surface area (Å²) in [6.07, 6.45) is 3.41. The van der Waals surface area contributed by atoms with Crippen molar-refractivity contribution in [3.8, 4) is 5.75 Å². The highest BCUT2D eigenvalue weighted by molar-refractivity contribution is 5.90. The molecule has 0 aliphatic carbocycles. The number of rotatable bonds is 8. The third-order valence-electron chi connectivity index (χ3n) is 2.54. The van der Waals surface area contributed by atoms with Crippen LogP contribution < -0.4 is 15.8 Å². The van der Waals surface area contributed by atoms with Gasteiger partial charge in [-0.15, -0.1) is 0 Å². The Morgan fingerprint density at radius 2 is 2.17 bits per heavy atom. The van der Waals surface area contributed by atoms with E-state index < -0.39 is 0 Å². The number of nitrogens with one attached hydrogen (secondary N) is 1. The number of nitrogens with two attached hydrogens (primary N) is 1. The van der Waals surface area contributed by atoms with Crippen LogP contribution >= 0.6 is 0 Å². The van der Waals surface area contributed by atoms with E-state index >= 15 is 0 Å². The molecular formula is C14H22N2O2. The molecule has 0 aliphatic heterocycles. The Morgan fingerprint density at radius 3 is 2.89 bits per heavy atom. The zero-order valence-corrected chi connectivity index (χ0v) is 10.9. The van der Waals surface area contributed by atoms with Crippen LogP contribution in [0.4, 0.5) is 5.69 Å². The maximum atomic E-state index is 11.7. The average Bonchev–Trinajstić information content (AvgIpc) is 2.35. The van der Waals surface area contributed by atoms with Crippen LogP contribution in [0.15, 0.2) is 24.3 Å². The number of hydrogen-bond donors (Lipinski definition) is 2. The number of carbonyl (C=O) groups excluding carboxylic acids is 1. The van der Waals surface area contributed by atoms with E-state index in [9.17, 15) is 4.79 Å². The number of anilines is 1. The smallest absolute Gasteiger partial charge is 0.224 e. The summed E-state index contributed by atoms with van der Waals surface area (Å²) in [5.74, 6) is 0.819. The summed E-state index contributed by atoms with van der Waals surface area (Å²) in [5.41, 5.74) is 6.18. The van der Waals surface area contributed by atoms with Crippen LogP contribution in [0.25, 0.3) is 0 Å². The van der Waals surface area contributed by atoms with Crippen LogP contribution in [0, 0.1) is 0 Å². The molecule has 100 valence electrons. The normalized spacial score (nSPS) is 10.1. The van der Waals surface area contributed by atoms with Gasteiger partial charge in [0.15, 0.2) is 0 Å². The summed E-state index contributed by atoms with van der Waals surface area (Å²) in [6, 6.07) is 7.44. The molecule has 1 aromatic carbocycles. The maximum absolute atomic E-state index is 11.7. The number of amides is 1. The maximum Gasteiger partial charge on any atom is 0.224 e. The van der Waals surface area contributed by atoms with Crippen molar-refractivity contribution in [3.63, 3.8) is 0 Å². The molecule has 0 unspecified atom stereocenters. The largest absolute Gasteiger partial charge is 0.494 e. The van der Waals surface area contributed by atoms with Crippen molar-refractivity contribution in [2.75, 3.05) is 18.5 Å². The van der Waals surface area contributed by atoms with Gasteiger partial charge in [-0.1, -0.05) is 12.5 Å². The molecule has 0 atom stereocenters. The molecule has 1 aromatic rings. The number of benzene rings is 1. The van der Waals surface area contributed by atoms with Crippen molar-refractivity contribution < 1.29 is 9.53 Å². The van der Waals surface area contributed by atoms with Gasteiger partial charge in [-0.3, -0.25) is 4.79 Å². The minimum absolute atomic E-state index is 0.0423. The lowest BCUT2D eigenvalue weighted by Gasteiger charge is -2.07. The van der Waals surface area contributed by atoms with E-state index in [2.05, 4.69) is 5.32 Å². The average molecular weight is 250 g/mol. The monoisotopic (exact) mass is 250 g/mol. The first kappa shape index (κ1) is 14.5. The van der Waals surface area contributed by atoms with Crippen molar-refractivity contribution in [2.24, 2.45) is 5.73 Å². The van der Waals surface area contributed by atoms with E-state index in [1.54, 1.807) is 0 Å². The van der Waals surface area contributed by atoms with Gasteiger partial charge in [-0.25, -0.2) is 0 Å². The fraction of sp³-hybridized carbons (Fsp3) is 0.500. The molecule has 1 rings (SSSR count). The summed E-state index contributed by atoms with van der Waals surface area (Å²) in [5, 5.41) is 2.87. The fourth-order valence-corrected chi connectivity index (χ4v) is 1.66. The van der Waals surface area contributed by atoms with Crippen LogP contribution in [0.1, 0.15) is 32.6 Å². The first-order valence-corrected chi connectivity index (χ1v) is 6.49. The summed E-state index contributed by atoms with van der Waals surface area (Å²) in [7, 11) is 0. The Hall–Kier alpha value is -1.55. The second kappa shape index (κ2) is 8.53. The van der Waals surface area contributed by atoms with Gasteiger partial charge in [-0.05, 0) is 38.4 Å². The quantitative estimate of drug-likeness (QED) is 0.697. The first-order valence-electron chi connectivity index (χ1n) is 6.49. The standard InChI is InChI=1S/C14H22N2O2/c1-2-18-13-8-6-7-12(11-13)16-14(17)9-4-3-5-10-15/h6-8,11H,2-5,9-10,15H2,1H3,(H,16,17).